The third kappa shape index (κ3) is 7.81. The smallest absolute Gasteiger partial charge is 0.254 e. The molecule has 1 amide bonds. The summed E-state index contributed by atoms with van der Waals surface area (Å²) in [6.45, 7) is 3.18. The summed E-state index contributed by atoms with van der Waals surface area (Å²) in [6, 6.07) is 5.24. The van der Waals surface area contributed by atoms with Crippen LogP contribution < -0.4 is 5.73 Å². The van der Waals surface area contributed by atoms with Crippen LogP contribution in [0.15, 0.2) is 65.8 Å². The zero-order valence-corrected chi connectivity index (χ0v) is 18.1. The molecule has 1 aromatic rings. The van der Waals surface area contributed by atoms with Crippen molar-refractivity contribution in [3.8, 4) is 0 Å². The lowest BCUT2D eigenvalue weighted by Gasteiger charge is -2.25. The molecule has 2 N–H and O–H groups in total. The number of amides is 1. The Balaban J connectivity index is 2.32. The fraction of sp³-hybridized carbons (Fsp3) is 0.348. The molecular weight excluding hydrogens is 410 g/mol. The van der Waals surface area contributed by atoms with Crippen molar-refractivity contribution >= 4 is 29.1 Å². The lowest BCUT2D eigenvalue weighted by molar-refractivity contribution is -0.127. The van der Waals surface area contributed by atoms with Gasteiger partial charge in [-0.3, -0.25) is 4.79 Å². The Kier molecular flexibility index (Phi) is 9.65. The minimum absolute atomic E-state index is 0.115. The second-order valence-corrected chi connectivity index (χ2v) is 7.75. The number of halogens is 3. The van der Waals surface area contributed by atoms with Crippen molar-refractivity contribution in [1.29, 1.82) is 0 Å². The molecule has 0 saturated carbocycles. The number of carbonyl (C=O) groups is 1. The van der Waals surface area contributed by atoms with Crippen LogP contribution in [0.25, 0.3) is 0 Å². The molecule has 6 heteroatoms. The number of alkyl halides is 1. The molecule has 0 spiro atoms. The van der Waals surface area contributed by atoms with Gasteiger partial charge in [0.1, 0.15) is 6.17 Å². The van der Waals surface area contributed by atoms with Crippen molar-refractivity contribution in [2.75, 3.05) is 13.1 Å². The molecule has 0 heterocycles. The summed E-state index contributed by atoms with van der Waals surface area (Å²) in [6.07, 6.45) is 11.5. The Morgan fingerprint density at radius 3 is 2.59 bits per heavy atom. The van der Waals surface area contributed by atoms with Crippen molar-refractivity contribution in [1.82, 2.24) is 4.90 Å². The van der Waals surface area contributed by atoms with Gasteiger partial charge in [0.25, 0.3) is 5.91 Å². The number of rotatable bonds is 9. The minimum atomic E-state index is -0.970. The minimum Gasteiger partial charge on any atom is -0.330 e. The summed E-state index contributed by atoms with van der Waals surface area (Å²) in [5.74, 6) is -0.115. The van der Waals surface area contributed by atoms with Crippen LogP contribution in [-0.2, 0) is 11.3 Å². The molecule has 0 aromatic heterocycles. The molecule has 1 aliphatic carbocycles. The molecule has 2 rings (SSSR count). The van der Waals surface area contributed by atoms with Gasteiger partial charge in [-0.15, -0.1) is 0 Å². The van der Waals surface area contributed by atoms with Gasteiger partial charge in [-0.25, -0.2) is 4.39 Å². The first-order valence-electron chi connectivity index (χ1n) is 9.75. The SMILES string of the molecule is CC/C=C\C(=C/CCN)C(=O)N(CC1=CCC(F)C=C1)Cc1cc(Cl)cc(Cl)c1. The van der Waals surface area contributed by atoms with Gasteiger partial charge in [0.05, 0.1) is 0 Å². The summed E-state index contributed by atoms with van der Waals surface area (Å²) in [7, 11) is 0. The molecule has 156 valence electrons. The molecule has 0 radical (unpaired) electrons. The van der Waals surface area contributed by atoms with E-state index in [1.807, 2.05) is 31.2 Å². The Morgan fingerprint density at radius 1 is 1.28 bits per heavy atom. The van der Waals surface area contributed by atoms with E-state index < -0.39 is 6.17 Å². The van der Waals surface area contributed by atoms with Gasteiger partial charge in [-0.1, -0.05) is 66.6 Å². The van der Waals surface area contributed by atoms with Gasteiger partial charge in [0.2, 0.25) is 0 Å². The topological polar surface area (TPSA) is 46.3 Å². The van der Waals surface area contributed by atoms with Crippen molar-refractivity contribution in [3.05, 3.63) is 81.4 Å². The summed E-state index contributed by atoms with van der Waals surface area (Å²) >= 11 is 12.3. The van der Waals surface area contributed by atoms with Gasteiger partial charge in [-0.2, -0.15) is 0 Å². The number of benzene rings is 1. The maximum Gasteiger partial charge on any atom is 0.254 e. The van der Waals surface area contributed by atoms with Crippen molar-refractivity contribution in [2.24, 2.45) is 5.73 Å². The zero-order valence-electron chi connectivity index (χ0n) is 16.6. The summed E-state index contributed by atoms with van der Waals surface area (Å²) in [4.78, 5) is 15.1. The number of allylic oxidation sites excluding steroid dienone is 3. The summed E-state index contributed by atoms with van der Waals surface area (Å²) < 4.78 is 13.4. The first kappa shape index (κ1) is 23.4. The largest absolute Gasteiger partial charge is 0.330 e. The monoisotopic (exact) mass is 436 g/mol. The molecule has 1 aromatic carbocycles. The molecule has 0 saturated heterocycles. The number of nitrogens with two attached hydrogens (primary N) is 1. The highest BCUT2D eigenvalue weighted by molar-refractivity contribution is 6.34. The van der Waals surface area contributed by atoms with Crippen molar-refractivity contribution in [2.45, 2.75) is 38.9 Å². The number of hydrogen-bond donors (Lipinski definition) is 1. The van der Waals surface area contributed by atoms with E-state index in [0.717, 1.165) is 17.6 Å². The lowest BCUT2D eigenvalue weighted by Crippen LogP contribution is -2.33. The van der Waals surface area contributed by atoms with E-state index in [9.17, 15) is 9.18 Å². The molecule has 1 unspecified atom stereocenters. The average Bonchev–Trinajstić information content (AvgIpc) is 2.68. The number of carbonyl (C=O) groups excluding carboxylic acids is 1. The molecule has 29 heavy (non-hydrogen) atoms. The lowest BCUT2D eigenvalue weighted by atomic mass is 10.0. The van der Waals surface area contributed by atoms with Crippen LogP contribution in [0.1, 0.15) is 31.7 Å². The fourth-order valence-electron chi connectivity index (χ4n) is 2.99. The van der Waals surface area contributed by atoms with Gasteiger partial charge in [-0.05, 0) is 48.7 Å². The van der Waals surface area contributed by atoms with Crippen LogP contribution in [0.5, 0.6) is 0 Å². The predicted octanol–water partition coefficient (Wildman–Crippen LogP) is 5.79. The highest BCUT2D eigenvalue weighted by Crippen LogP contribution is 2.22. The molecule has 1 atom stereocenters. The second kappa shape index (κ2) is 12.0. The highest BCUT2D eigenvalue weighted by Gasteiger charge is 2.19. The van der Waals surface area contributed by atoms with E-state index >= 15 is 0 Å². The van der Waals surface area contributed by atoms with Gasteiger partial charge in [0.15, 0.2) is 0 Å². The van der Waals surface area contributed by atoms with Crippen molar-refractivity contribution in [3.63, 3.8) is 0 Å². The first-order chi connectivity index (χ1) is 13.9. The van der Waals surface area contributed by atoms with E-state index in [0.29, 0.717) is 48.1 Å². The quantitative estimate of drug-likeness (QED) is 0.393. The average molecular weight is 437 g/mol. The molecule has 0 aliphatic heterocycles. The van der Waals surface area contributed by atoms with Crippen LogP contribution >= 0.6 is 23.2 Å². The van der Waals surface area contributed by atoms with E-state index in [2.05, 4.69) is 0 Å². The van der Waals surface area contributed by atoms with Crippen LogP contribution in [-0.4, -0.2) is 30.1 Å². The Morgan fingerprint density at radius 2 is 2.00 bits per heavy atom. The standard InChI is InChI=1S/C23H27Cl2FN2O/c1-2-3-5-19(6-4-11-27)23(29)28(15-17-7-9-22(26)10-8-17)16-18-12-20(24)14-21(25)13-18/h3,5-9,12-14,22H,2,4,10-11,15-16,27H2,1H3/b5-3-,19-6+. The molecule has 0 bridgehead atoms. The molecule has 0 fully saturated rings. The zero-order chi connectivity index (χ0) is 21.2. The van der Waals surface area contributed by atoms with Crippen LogP contribution in [0.2, 0.25) is 10.0 Å². The Bertz CT molecular complexity index is 810. The Hall–Kier alpha value is -1.88. The predicted molar refractivity (Wildman–Crippen MR) is 120 cm³/mol. The van der Waals surface area contributed by atoms with Crippen LogP contribution in [0.4, 0.5) is 4.39 Å². The van der Waals surface area contributed by atoms with E-state index in [-0.39, 0.29) is 5.91 Å². The van der Waals surface area contributed by atoms with E-state index in [1.165, 1.54) is 6.08 Å². The second-order valence-electron chi connectivity index (χ2n) is 6.88. The molecular formula is C23H27Cl2FN2O. The van der Waals surface area contributed by atoms with Gasteiger partial charge >= 0.3 is 0 Å². The normalized spacial score (nSPS) is 16.9. The molecule has 1 aliphatic rings. The molecule has 3 nitrogen and oxygen atoms in total. The van der Waals surface area contributed by atoms with Crippen LogP contribution in [0.3, 0.4) is 0 Å². The fourth-order valence-corrected chi connectivity index (χ4v) is 3.56. The number of hydrogen-bond acceptors (Lipinski definition) is 2. The highest BCUT2D eigenvalue weighted by atomic mass is 35.5. The van der Waals surface area contributed by atoms with Gasteiger partial charge < -0.3 is 10.6 Å². The van der Waals surface area contributed by atoms with Crippen LogP contribution in [0, 0.1) is 0 Å². The summed E-state index contributed by atoms with van der Waals surface area (Å²) in [5, 5.41) is 1.03. The van der Waals surface area contributed by atoms with E-state index in [1.54, 1.807) is 29.2 Å². The number of nitrogens with zero attached hydrogens (tertiary/aromatic N) is 1. The summed E-state index contributed by atoms with van der Waals surface area (Å²) in [5.41, 5.74) is 7.95. The third-order valence-electron chi connectivity index (χ3n) is 4.39. The maximum atomic E-state index is 13.4. The third-order valence-corrected chi connectivity index (χ3v) is 4.83. The maximum absolute atomic E-state index is 13.4. The van der Waals surface area contributed by atoms with Gasteiger partial charge in [0, 0.05) is 35.1 Å². The van der Waals surface area contributed by atoms with E-state index in [4.69, 9.17) is 28.9 Å². The first-order valence-corrected chi connectivity index (χ1v) is 10.5. The van der Waals surface area contributed by atoms with Crippen molar-refractivity contribution < 1.29 is 9.18 Å². The Labute approximate surface area is 182 Å².